The first-order valence-corrected chi connectivity index (χ1v) is 6.10. The number of fused-ring (bicyclic) bond motifs is 1. The third-order valence-corrected chi connectivity index (χ3v) is 3.15. The van der Waals surface area contributed by atoms with Crippen LogP contribution in [0.3, 0.4) is 0 Å². The smallest absolute Gasteiger partial charge is 0.262 e. The summed E-state index contributed by atoms with van der Waals surface area (Å²) in [7, 11) is 1.78. The van der Waals surface area contributed by atoms with Crippen LogP contribution in [0, 0.1) is 11.8 Å². The highest BCUT2D eigenvalue weighted by molar-refractivity contribution is 6.21. The Labute approximate surface area is 115 Å². The molecule has 0 radical (unpaired) electrons. The van der Waals surface area contributed by atoms with E-state index in [0.29, 0.717) is 11.1 Å². The summed E-state index contributed by atoms with van der Waals surface area (Å²) in [5, 5.41) is 4.00. The summed E-state index contributed by atoms with van der Waals surface area (Å²) in [6.45, 7) is 0.0809. The molecule has 5 nitrogen and oxygen atoms in total. The van der Waals surface area contributed by atoms with Crippen molar-refractivity contribution in [3.8, 4) is 11.8 Å². The fourth-order valence-electron chi connectivity index (χ4n) is 2.09. The zero-order valence-corrected chi connectivity index (χ0v) is 10.8. The second-order valence-corrected chi connectivity index (χ2v) is 4.38. The minimum atomic E-state index is -0.287. The molecule has 3 rings (SSSR count). The average molecular weight is 265 g/mol. The number of aryl methyl sites for hydroxylation is 1. The van der Waals surface area contributed by atoms with E-state index < -0.39 is 0 Å². The van der Waals surface area contributed by atoms with E-state index in [1.54, 1.807) is 48.3 Å². The highest BCUT2D eigenvalue weighted by atomic mass is 16.2. The zero-order chi connectivity index (χ0) is 14.1. The molecule has 0 fully saturated rings. The van der Waals surface area contributed by atoms with E-state index in [0.717, 1.165) is 10.6 Å². The Morgan fingerprint density at radius 1 is 1.10 bits per heavy atom. The van der Waals surface area contributed by atoms with Crippen molar-refractivity contribution in [3.05, 3.63) is 53.3 Å². The lowest BCUT2D eigenvalue weighted by Gasteiger charge is -2.08. The molecule has 0 bridgehead atoms. The number of amides is 2. The van der Waals surface area contributed by atoms with E-state index in [1.165, 1.54) is 0 Å². The molecule has 0 saturated carbocycles. The van der Waals surface area contributed by atoms with Gasteiger partial charge in [-0.15, -0.1) is 0 Å². The Morgan fingerprint density at radius 2 is 1.75 bits per heavy atom. The van der Waals surface area contributed by atoms with Gasteiger partial charge in [0.1, 0.15) is 5.69 Å². The van der Waals surface area contributed by atoms with Crippen molar-refractivity contribution in [3.63, 3.8) is 0 Å². The summed E-state index contributed by atoms with van der Waals surface area (Å²) in [4.78, 5) is 25.3. The maximum Gasteiger partial charge on any atom is 0.262 e. The standard InChI is InChI=1S/C15H11N3O2/c1-17-11(8-9-16-17)5-4-10-18-14(19)12-6-2-3-7-13(12)15(18)20/h2-3,6-9H,10H2,1H3. The molecule has 2 aromatic rings. The molecule has 98 valence electrons. The number of benzene rings is 1. The van der Waals surface area contributed by atoms with E-state index in [1.807, 2.05) is 0 Å². The van der Waals surface area contributed by atoms with Gasteiger partial charge in [0.25, 0.3) is 11.8 Å². The van der Waals surface area contributed by atoms with Gasteiger partial charge in [0.2, 0.25) is 0 Å². The van der Waals surface area contributed by atoms with Crippen LogP contribution in [0.2, 0.25) is 0 Å². The molecular weight excluding hydrogens is 254 g/mol. The van der Waals surface area contributed by atoms with Crippen LogP contribution in [-0.4, -0.2) is 33.0 Å². The molecule has 1 aromatic heterocycles. The Hall–Kier alpha value is -2.87. The van der Waals surface area contributed by atoms with Gasteiger partial charge in [-0.05, 0) is 24.1 Å². The molecule has 0 unspecified atom stereocenters. The predicted octanol–water partition coefficient (Wildman–Crippen LogP) is 1.07. The van der Waals surface area contributed by atoms with Crippen LogP contribution in [0.25, 0.3) is 0 Å². The molecule has 0 saturated heterocycles. The molecule has 1 aromatic carbocycles. The maximum absolute atomic E-state index is 12.1. The molecule has 0 N–H and O–H groups in total. The van der Waals surface area contributed by atoms with Gasteiger partial charge in [-0.3, -0.25) is 19.2 Å². The SMILES string of the molecule is Cn1nccc1C#CCN1C(=O)c2ccccc2C1=O. The van der Waals surface area contributed by atoms with Gasteiger partial charge in [0, 0.05) is 7.05 Å². The Bertz CT molecular complexity index is 730. The lowest BCUT2D eigenvalue weighted by atomic mass is 10.1. The quantitative estimate of drug-likeness (QED) is 0.572. The number of hydrogen-bond acceptors (Lipinski definition) is 3. The molecular formula is C15H11N3O2. The molecule has 5 heteroatoms. The first-order valence-electron chi connectivity index (χ1n) is 6.10. The number of hydrogen-bond donors (Lipinski definition) is 0. The number of aromatic nitrogens is 2. The first-order chi connectivity index (χ1) is 9.68. The van der Waals surface area contributed by atoms with Gasteiger partial charge in [0.15, 0.2) is 0 Å². The minimum absolute atomic E-state index is 0.0809. The summed E-state index contributed by atoms with van der Waals surface area (Å²) in [5.41, 5.74) is 1.63. The van der Waals surface area contributed by atoms with Crippen molar-refractivity contribution in [2.45, 2.75) is 0 Å². The highest BCUT2D eigenvalue weighted by Crippen LogP contribution is 2.21. The second kappa shape index (κ2) is 4.67. The topological polar surface area (TPSA) is 55.2 Å². The predicted molar refractivity (Wildman–Crippen MR) is 71.9 cm³/mol. The molecule has 20 heavy (non-hydrogen) atoms. The molecule has 1 aliphatic rings. The number of carbonyl (C=O) groups excluding carboxylic acids is 2. The van der Waals surface area contributed by atoms with E-state index >= 15 is 0 Å². The van der Waals surface area contributed by atoms with Crippen LogP contribution in [0.5, 0.6) is 0 Å². The number of imide groups is 1. The van der Waals surface area contributed by atoms with E-state index in [4.69, 9.17) is 0 Å². The third-order valence-electron chi connectivity index (χ3n) is 3.15. The molecule has 0 spiro atoms. The summed E-state index contributed by atoms with van der Waals surface area (Å²) in [6.07, 6.45) is 1.64. The summed E-state index contributed by atoms with van der Waals surface area (Å²) < 4.78 is 1.63. The zero-order valence-electron chi connectivity index (χ0n) is 10.8. The van der Waals surface area contributed by atoms with Crippen LogP contribution in [0.4, 0.5) is 0 Å². The summed E-state index contributed by atoms with van der Waals surface area (Å²) in [6, 6.07) is 8.58. The van der Waals surface area contributed by atoms with E-state index in [-0.39, 0.29) is 18.4 Å². The third kappa shape index (κ3) is 1.88. The molecule has 2 amide bonds. The van der Waals surface area contributed by atoms with Crippen LogP contribution < -0.4 is 0 Å². The molecule has 1 aliphatic heterocycles. The van der Waals surface area contributed by atoms with Crippen LogP contribution in [0.1, 0.15) is 26.4 Å². The largest absolute Gasteiger partial charge is 0.269 e. The second-order valence-electron chi connectivity index (χ2n) is 4.38. The van der Waals surface area contributed by atoms with Crippen LogP contribution >= 0.6 is 0 Å². The van der Waals surface area contributed by atoms with Crippen molar-refractivity contribution in [2.75, 3.05) is 6.54 Å². The Kier molecular flexibility index (Phi) is 2.84. The fraction of sp³-hybridized carbons (Fsp3) is 0.133. The van der Waals surface area contributed by atoms with Crippen LogP contribution in [-0.2, 0) is 7.05 Å². The fourth-order valence-corrected chi connectivity index (χ4v) is 2.09. The highest BCUT2D eigenvalue weighted by Gasteiger charge is 2.34. The van der Waals surface area contributed by atoms with Gasteiger partial charge in [-0.1, -0.05) is 18.1 Å². The molecule has 0 aliphatic carbocycles. The average Bonchev–Trinajstić information content (AvgIpc) is 2.97. The summed E-state index contributed by atoms with van der Waals surface area (Å²) >= 11 is 0. The normalized spacial score (nSPS) is 13.2. The van der Waals surface area contributed by atoms with Crippen molar-refractivity contribution < 1.29 is 9.59 Å². The first kappa shape index (κ1) is 12.2. The minimum Gasteiger partial charge on any atom is -0.269 e. The van der Waals surface area contributed by atoms with Crippen molar-refractivity contribution in [2.24, 2.45) is 7.05 Å². The van der Waals surface area contributed by atoms with Gasteiger partial charge in [0.05, 0.1) is 23.9 Å². The monoisotopic (exact) mass is 265 g/mol. The number of nitrogens with zero attached hydrogens (tertiary/aromatic N) is 3. The van der Waals surface area contributed by atoms with Crippen molar-refractivity contribution in [1.29, 1.82) is 0 Å². The Balaban J connectivity index is 1.81. The van der Waals surface area contributed by atoms with Crippen molar-refractivity contribution in [1.82, 2.24) is 14.7 Å². The van der Waals surface area contributed by atoms with Crippen molar-refractivity contribution >= 4 is 11.8 Å². The lowest BCUT2D eigenvalue weighted by Crippen LogP contribution is -2.30. The Morgan fingerprint density at radius 3 is 2.30 bits per heavy atom. The van der Waals surface area contributed by atoms with Gasteiger partial charge >= 0.3 is 0 Å². The van der Waals surface area contributed by atoms with Gasteiger partial charge in [-0.2, -0.15) is 5.10 Å². The van der Waals surface area contributed by atoms with Crippen LogP contribution in [0.15, 0.2) is 36.5 Å². The summed E-state index contributed by atoms with van der Waals surface area (Å²) in [5.74, 6) is 5.16. The van der Waals surface area contributed by atoms with Gasteiger partial charge < -0.3 is 0 Å². The lowest BCUT2D eigenvalue weighted by molar-refractivity contribution is 0.0675. The van der Waals surface area contributed by atoms with E-state index in [9.17, 15) is 9.59 Å². The number of rotatable bonds is 1. The number of carbonyl (C=O) groups is 2. The molecule has 0 atom stereocenters. The maximum atomic E-state index is 12.1. The van der Waals surface area contributed by atoms with E-state index in [2.05, 4.69) is 16.9 Å². The molecule has 2 heterocycles. The van der Waals surface area contributed by atoms with Gasteiger partial charge in [-0.25, -0.2) is 0 Å².